The Morgan fingerprint density at radius 1 is 0.844 bits per heavy atom. The van der Waals surface area contributed by atoms with Crippen LogP contribution >= 0.6 is 0 Å². The Bertz CT molecular complexity index is 1220. The molecule has 32 heavy (non-hydrogen) atoms. The van der Waals surface area contributed by atoms with Crippen LogP contribution in [-0.2, 0) is 6.42 Å². The molecule has 1 saturated carbocycles. The van der Waals surface area contributed by atoms with E-state index in [2.05, 4.69) is 48.1 Å². The number of aryl methyl sites for hydroxylation is 1. The van der Waals surface area contributed by atoms with E-state index in [9.17, 15) is 5.11 Å². The van der Waals surface area contributed by atoms with Crippen LogP contribution in [0.3, 0.4) is 0 Å². The van der Waals surface area contributed by atoms with E-state index < -0.39 is 0 Å². The fourth-order valence-electron chi connectivity index (χ4n) is 4.73. The van der Waals surface area contributed by atoms with Crippen LogP contribution in [0.1, 0.15) is 52.7 Å². The molecule has 164 valence electrons. The number of aromatic hydroxyl groups is 2. The number of likely N-dealkylation sites (N-methyl/N-ethyl adjacent to an activating group) is 1. The normalized spacial score (nSPS) is 18.1. The Morgan fingerprint density at radius 3 is 2.19 bits per heavy atom. The lowest BCUT2D eigenvalue weighted by molar-refractivity contribution is 0.261. The molecule has 1 aromatic heterocycles. The van der Waals surface area contributed by atoms with Crippen LogP contribution in [0.5, 0.6) is 11.5 Å². The maximum Gasteiger partial charge on any atom is 0.116 e. The standard InChI is InChI=1S/C19H20N2O.C9H10O/c1-12-3-5-13(6-4-12)19-18-15(9-10-21(19)2)16-11-14(22)7-8-17(16)20-18;10-9-5-3-8(4-6-9)7-1-2-7/h3-8,11,19-20,22H,9-10H2,1-2H3;3-7,10H,1-2H2. The number of rotatable bonds is 2. The first kappa shape index (κ1) is 20.7. The summed E-state index contributed by atoms with van der Waals surface area (Å²) in [6.45, 7) is 3.14. The van der Waals surface area contributed by atoms with E-state index in [1.165, 1.54) is 40.8 Å². The molecule has 1 atom stereocenters. The highest BCUT2D eigenvalue weighted by Crippen LogP contribution is 2.40. The number of fused-ring (bicyclic) bond motifs is 3. The van der Waals surface area contributed by atoms with Crippen LogP contribution in [0.2, 0.25) is 0 Å². The van der Waals surface area contributed by atoms with E-state index in [1.807, 2.05) is 24.3 Å². The van der Waals surface area contributed by atoms with E-state index >= 15 is 0 Å². The number of phenols is 2. The summed E-state index contributed by atoms with van der Waals surface area (Å²) in [6, 6.07) is 22.1. The summed E-state index contributed by atoms with van der Waals surface area (Å²) in [5.41, 5.74) is 7.68. The van der Waals surface area contributed by atoms with Crippen LogP contribution in [0, 0.1) is 6.92 Å². The van der Waals surface area contributed by atoms with Gasteiger partial charge < -0.3 is 15.2 Å². The molecule has 3 N–H and O–H groups in total. The molecular weight excluding hydrogens is 396 g/mol. The number of aromatic amines is 1. The maximum absolute atomic E-state index is 9.79. The SMILES string of the molecule is Cc1ccc(C2c3[nH]c4ccc(O)cc4c3CCN2C)cc1.Oc1ccc(C2CC2)cc1. The largest absolute Gasteiger partial charge is 0.508 e. The number of nitrogens with zero attached hydrogens (tertiary/aromatic N) is 1. The molecule has 1 aliphatic heterocycles. The molecule has 4 nitrogen and oxygen atoms in total. The molecule has 4 aromatic rings. The van der Waals surface area contributed by atoms with Gasteiger partial charge in [-0.2, -0.15) is 0 Å². The average Bonchev–Trinajstić information content (AvgIpc) is 3.57. The molecule has 0 bridgehead atoms. The Labute approximate surface area is 189 Å². The molecule has 0 saturated heterocycles. The second-order valence-electron chi connectivity index (χ2n) is 9.16. The summed E-state index contributed by atoms with van der Waals surface area (Å²) >= 11 is 0. The van der Waals surface area contributed by atoms with Crippen molar-refractivity contribution in [2.24, 2.45) is 0 Å². The summed E-state index contributed by atoms with van der Waals surface area (Å²) < 4.78 is 0. The highest BCUT2D eigenvalue weighted by molar-refractivity contribution is 5.86. The van der Waals surface area contributed by atoms with Crippen LogP contribution in [0.4, 0.5) is 0 Å². The Kier molecular flexibility index (Phi) is 5.40. The predicted octanol–water partition coefficient (Wildman–Crippen LogP) is 6.03. The number of benzene rings is 3. The van der Waals surface area contributed by atoms with Gasteiger partial charge in [0.05, 0.1) is 6.04 Å². The average molecular weight is 427 g/mol. The fraction of sp³-hybridized carbons (Fsp3) is 0.286. The van der Waals surface area contributed by atoms with Crippen molar-refractivity contribution in [1.82, 2.24) is 9.88 Å². The van der Waals surface area contributed by atoms with E-state index in [4.69, 9.17) is 5.11 Å². The zero-order chi connectivity index (χ0) is 22.2. The van der Waals surface area contributed by atoms with Crippen molar-refractivity contribution in [3.63, 3.8) is 0 Å². The van der Waals surface area contributed by atoms with Gasteiger partial charge in [-0.3, -0.25) is 4.90 Å². The first-order chi connectivity index (χ1) is 15.5. The summed E-state index contributed by atoms with van der Waals surface area (Å²) in [6.07, 6.45) is 3.66. The van der Waals surface area contributed by atoms with Crippen LogP contribution in [0.15, 0.2) is 66.7 Å². The third-order valence-electron chi connectivity index (χ3n) is 6.69. The molecule has 0 spiro atoms. The number of hydrogen-bond acceptors (Lipinski definition) is 3. The summed E-state index contributed by atoms with van der Waals surface area (Å²) in [7, 11) is 2.18. The number of nitrogens with one attached hydrogen (secondary N) is 1. The second kappa shape index (κ2) is 8.36. The highest BCUT2D eigenvalue weighted by atomic mass is 16.3. The monoisotopic (exact) mass is 426 g/mol. The van der Waals surface area contributed by atoms with Crippen LogP contribution in [0.25, 0.3) is 10.9 Å². The minimum absolute atomic E-state index is 0.249. The van der Waals surface area contributed by atoms with Gasteiger partial charge in [-0.15, -0.1) is 0 Å². The lowest BCUT2D eigenvalue weighted by atomic mass is 9.92. The second-order valence-corrected chi connectivity index (χ2v) is 9.16. The van der Waals surface area contributed by atoms with Gasteiger partial charge in [0.15, 0.2) is 0 Å². The summed E-state index contributed by atoms with van der Waals surface area (Å²) in [5.74, 6) is 1.49. The van der Waals surface area contributed by atoms with E-state index in [0.29, 0.717) is 11.5 Å². The van der Waals surface area contributed by atoms with Crippen molar-refractivity contribution in [2.45, 2.75) is 38.1 Å². The van der Waals surface area contributed by atoms with Crippen molar-refractivity contribution < 1.29 is 10.2 Å². The van der Waals surface area contributed by atoms with Crippen molar-refractivity contribution in [1.29, 1.82) is 0 Å². The molecule has 6 rings (SSSR count). The van der Waals surface area contributed by atoms with Gasteiger partial charge in [0.2, 0.25) is 0 Å². The first-order valence-corrected chi connectivity index (χ1v) is 11.4. The zero-order valence-corrected chi connectivity index (χ0v) is 18.7. The Hall–Kier alpha value is -3.24. The summed E-state index contributed by atoms with van der Waals surface area (Å²) in [4.78, 5) is 5.98. The Balaban J connectivity index is 0.000000180. The number of aromatic nitrogens is 1. The molecular formula is C28H30N2O2. The van der Waals surface area contributed by atoms with Gasteiger partial charge in [0, 0.05) is 23.1 Å². The smallest absolute Gasteiger partial charge is 0.116 e. The van der Waals surface area contributed by atoms with E-state index in [1.54, 1.807) is 18.2 Å². The minimum atomic E-state index is 0.249. The van der Waals surface area contributed by atoms with Gasteiger partial charge in [0.25, 0.3) is 0 Å². The third-order valence-corrected chi connectivity index (χ3v) is 6.69. The van der Waals surface area contributed by atoms with E-state index in [0.717, 1.165) is 29.8 Å². The molecule has 1 aliphatic carbocycles. The van der Waals surface area contributed by atoms with Crippen molar-refractivity contribution >= 4 is 10.9 Å². The topological polar surface area (TPSA) is 59.5 Å². The van der Waals surface area contributed by atoms with E-state index in [-0.39, 0.29) is 6.04 Å². The lowest BCUT2D eigenvalue weighted by Gasteiger charge is -2.33. The number of phenolic OH excluding ortho intramolecular Hbond substituents is 2. The van der Waals surface area contributed by atoms with Gasteiger partial charge >= 0.3 is 0 Å². The fourth-order valence-corrected chi connectivity index (χ4v) is 4.73. The molecule has 4 heteroatoms. The third kappa shape index (κ3) is 4.11. The lowest BCUT2D eigenvalue weighted by Crippen LogP contribution is -2.32. The van der Waals surface area contributed by atoms with Crippen molar-refractivity contribution in [2.75, 3.05) is 13.6 Å². The zero-order valence-electron chi connectivity index (χ0n) is 18.7. The molecule has 1 unspecified atom stereocenters. The highest BCUT2D eigenvalue weighted by Gasteiger charge is 2.29. The molecule has 1 fully saturated rings. The van der Waals surface area contributed by atoms with Crippen LogP contribution < -0.4 is 0 Å². The molecule has 0 amide bonds. The summed E-state index contributed by atoms with van der Waals surface area (Å²) in [5, 5.41) is 19.9. The maximum atomic E-state index is 9.79. The van der Waals surface area contributed by atoms with Gasteiger partial charge in [-0.1, -0.05) is 42.0 Å². The van der Waals surface area contributed by atoms with Crippen LogP contribution in [-0.4, -0.2) is 33.7 Å². The molecule has 3 aromatic carbocycles. The van der Waals surface area contributed by atoms with Crippen molar-refractivity contribution in [3.8, 4) is 11.5 Å². The predicted molar refractivity (Wildman–Crippen MR) is 129 cm³/mol. The molecule has 2 aliphatic rings. The first-order valence-electron chi connectivity index (χ1n) is 11.4. The van der Waals surface area contributed by atoms with Gasteiger partial charge in [-0.05, 0) is 86.2 Å². The number of H-pyrrole nitrogens is 1. The van der Waals surface area contributed by atoms with Crippen molar-refractivity contribution in [3.05, 3.63) is 94.7 Å². The van der Waals surface area contributed by atoms with Gasteiger partial charge in [-0.25, -0.2) is 0 Å². The number of hydrogen-bond donors (Lipinski definition) is 3. The molecule has 2 heterocycles. The quantitative estimate of drug-likeness (QED) is 0.367. The molecule has 0 radical (unpaired) electrons. The van der Waals surface area contributed by atoms with Gasteiger partial charge in [0.1, 0.15) is 11.5 Å². The Morgan fingerprint density at radius 2 is 1.50 bits per heavy atom. The minimum Gasteiger partial charge on any atom is -0.508 e.